The number of benzene rings is 1. The molecule has 0 saturated heterocycles. The van der Waals surface area contributed by atoms with Crippen molar-refractivity contribution in [2.75, 3.05) is 31.6 Å². The molecule has 8 nitrogen and oxygen atoms in total. The highest BCUT2D eigenvalue weighted by atomic mass is 16.6. The second kappa shape index (κ2) is 7.59. The van der Waals surface area contributed by atoms with Gasteiger partial charge in [-0.05, 0) is 31.2 Å². The Labute approximate surface area is 161 Å². The summed E-state index contributed by atoms with van der Waals surface area (Å²) < 4.78 is 12.8. The SMILES string of the molecule is CCN(CC(=O)Nc1ccc2c(c1)OCCO2)C(=O)c1cn2ccccc2n1. The van der Waals surface area contributed by atoms with Crippen molar-refractivity contribution in [2.24, 2.45) is 0 Å². The van der Waals surface area contributed by atoms with Crippen LogP contribution in [-0.2, 0) is 4.79 Å². The maximum Gasteiger partial charge on any atom is 0.274 e. The number of hydrogen-bond acceptors (Lipinski definition) is 5. The van der Waals surface area contributed by atoms with Gasteiger partial charge in [0.1, 0.15) is 31.1 Å². The zero-order valence-electron chi connectivity index (χ0n) is 15.4. The molecule has 0 bridgehead atoms. The van der Waals surface area contributed by atoms with Gasteiger partial charge in [-0.2, -0.15) is 0 Å². The summed E-state index contributed by atoms with van der Waals surface area (Å²) in [5.74, 6) is 0.665. The Morgan fingerprint density at radius 2 is 2.00 bits per heavy atom. The van der Waals surface area contributed by atoms with Gasteiger partial charge >= 0.3 is 0 Å². The van der Waals surface area contributed by atoms with Crippen molar-refractivity contribution in [3.63, 3.8) is 0 Å². The first-order valence-corrected chi connectivity index (χ1v) is 9.06. The minimum Gasteiger partial charge on any atom is -0.486 e. The number of nitrogens with one attached hydrogen (secondary N) is 1. The Hall–Kier alpha value is -3.55. The number of ether oxygens (including phenoxy) is 2. The van der Waals surface area contributed by atoms with E-state index in [2.05, 4.69) is 10.3 Å². The molecular weight excluding hydrogens is 360 g/mol. The molecule has 0 radical (unpaired) electrons. The van der Waals surface area contributed by atoms with Crippen molar-refractivity contribution >= 4 is 23.1 Å². The predicted molar refractivity (Wildman–Crippen MR) is 103 cm³/mol. The van der Waals surface area contributed by atoms with Crippen LogP contribution in [0.25, 0.3) is 5.65 Å². The lowest BCUT2D eigenvalue weighted by molar-refractivity contribution is -0.116. The van der Waals surface area contributed by atoms with Crippen LogP contribution in [0.1, 0.15) is 17.4 Å². The van der Waals surface area contributed by atoms with E-state index in [1.165, 1.54) is 4.90 Å². The van der Waals surface area contributed by atoms with Crippen LogP contribution in [0.5, 0.6) is 11.5 Å². The average Bonchev–Trinajstić information content (AvgIpc) is 3.15. The van der Waals surface area contributed by atoms with Gasteiger partial charge < -0.3 is 24.1 Å². The second-order valence-electron chi connectivity index (χ2n) is 6.32. The Morgan fingerprint density at radius 3 is 2.79 bits per heavy atom. The summed E-state index contributed by atoms with van der Waals surface area (Å²) in [5.41, 5.74) is 1.58. The van der Waals surface area contributed by atoms with E-state index in [-0.39, 0.29) is 18.4 Å². The molecule has 0 aliphatic carbocycles. The molecule has 144 valence electrons. The molecule has 0 unspecified atom stereocenters. The molecule has 3 aromatic rings. The maximum absolute atomic E-state index is 12.8. The van der Waals surface area contributed by atoms with Crippen LogP contribution in [-0.4, -0.2) is 52.4 Å². The minimum absolute atomic E-state index is 0.0718. The van der Waals surface area contributed by atoms with Crippen LogP contribution in [0.4, 0.5) is 5.69 Å². The number of likely N-dealkylation sites (N-methyl/N-ethyl adjacent to an activating group) is 1. The quantitative estimate of drug-likeness (QED) is 0.734. The van der Waals surface area contributed by atoms with E-state index < -0.39 is 0 Å². The van der Waals surface area contributed by atoms with Crippen LogP contribution >= 0.6 is 0 Å². The van der Waals surface area contributed by atoms with Crippen molar-refractivity contribution in [3.05, 3.63) is 54.5 Å². The number of fused-ring (bicyclic) bond motifs is 2. The predicted octanol–water partition coefficient (Wildman–Crippen LogP) is 2.21. The highest BCUT2D eigenvalue weighted by molar-refractivity contribution is 5.98. The highest BCUT2D eigenvalue weighted by Gasteiger charge is 2.20. The summed E-state index contributed by atoms with van der Waals surface area (Å²) in [5, 5.41) is 2.80. The molecule has 1 aromatic carbocycles. The number of pyridine rings is 1. The number of carbonyl (C=O) groups is 2. The molecule has 1 N–H and O–H groups in total. The fraction of sp³-hybridized carbons (Fsp3) is 0.250. The van der Waals surface area contributed by atoms with Crippen LogP contribution in [0.15, 0.2) is 48.8 Å². The van der Waals surface area contributed by atoms with Crippen LogP contribution < -0.4 is 14.8 Å². The lowest BCUT2D eigenvalue weighted by Gasteiger charge is -2.21. The third-order valence-electron chi connectivity index (χ3n) is 4.41. The Morgan fingerprint density at radius 1 is 1.18 bits per heavy atom. The summed E-state index contributed by atoms with van der Waals surface area (Å²) in [6, 6.07) is 10.7. The number of aromatic nitrogens is 2. The number of imidazole rings is 1. The Kier molecular flexibility index (Phi) is 4.84. The zero-order valence-corrected chi connectivity index (χ0v) is 15.4. The normalized spacial score (nSPS) is 12.6. The first kappa shape index (κ1) is 17.8. The molecule has 1 aliphatic rings. The van der Waals surface area contributed by atoms with Crippen molar-refractivity contribution in [1.82, 2.24) is 14.3 Å². The van der Waals surface area contributed by atoms with Gasteiger partial charge in [0.25, 0.3) is 5.91 Å². The van der Waals surface area contributed by atoms with E-state index in [0.717, 1.165) is 0 Å². The molecule has 3 heterocycles. The van der Waals surface area contributed by atoms with Crippen LogP contribution in [0, 0.1) is 0 Å². The van der Waals surface area contributed by atoms with Crippen molar-refractivity contribution in [2.45, 2.75) is 6.92 Å². The molecule has 2 amide bonds. The van der Waals surface area contributed by atoms with Gasteiger partial charge in [-0.1, -0.05) is 6.07 Å². The van der Waals surface area contributed by atoms with Gasteiger partial charge in [0.2, 0.25) is 5.91 Å². The van der Waals surface area contributed by atoms with Gasteiger partial charge in [0.05, 0.1) is 0 Å². The molecule has 1 aliphatic heterocycles. The number of rotatable bonds is 5. The van der Waals surface area contributed by atoms with Gasteiger partial charge in [0, 0.05) is 30.7 Å². The molecule has 0 atom stereocenters. The summed E-state index contributed by atoms with van der Waals surface area (Å²) >= 11 is 0. The fourth-order valence-corrected chi connectivity index (χ4v) is 3.02. The van der Waals surface area contributed by atoms with Gasteiger partial charge in [-0.25, -0.2) is 4.98 Å². The van der Waals surface area contributed by atoms with Gasteiger partial charge in [0.15, 0.2) is 11.5 Å². The number of nitrogens with zero attached hydrogens (tertiary/aromatic N) is 3. The maximum atomic E-state index is 12.8. The summed E-state index contributed by atoms with van der Waals surface area (Å²) in [4.78, 5) is 31.0. The summed E-state index contributed by atoms with van der Waals surface area (Å²) in [6.45, 7) is 3.13. The smallest absolute Gasteiger partial charge is 0.274 e. The van der Waals surface area contributed by atoms with E-state index in [4.69, 9.17) is 9.47 Å². The Bertz CT molecular complexity index is 997. The standard InChI is InChI=1S/C20H20N4O4/c1-2-23(20(26)15-12-24-8-4-3-5-18(24)22-15)13-19(25)21-14-6-7-16-17(11-14)28-10-9-27-16/h3-8,11-12H,2,9-10,13H2,1H3,(H,21,25). The van der Waals surface area contributed by atoms with Crippen molar-refractivity contribution < 1.29 is 19.1 Å². The van der Waals surface area contributed by atoms with E-state index in [9.17, 15) is 9.59 Å². The fourth-order valence-electron chi connectivity index (χ4n) is 3.02. The second-order valence-corrected chi connectivity index (χ2v) is 6.32. The molecule has 0 fully saturated rings. The molecule has 0 saturated carbocycles. The van der Waals surface area contributed by atoms with Crippen molar-refractivity contribution in [3.8, 4) is 11.5 Å². The van der Waals surface area contributed by atoms with E-state index in [1.54, 1.807) is 28.8 Å². The first-order chi connectivity index (χ1) is 13.6. The summed E-state index contributed by atoms with van der Waals surface area (Å²) in [6.07, 6.45) is 3.49. The summed E-state index contributed by atoms with van der Waals surface area (Å²) in [7, 11) is 0. The number of anilines is 1. The Balaban J connectivity index is 1.44. The minimum atomic E-state index is -0.296. The molecular formula is C20H20N4O4. The van der Waals surface area contributed by atoms with Crippen LogP contribution in [0.3, 0.4) is 0 Å². The number of carbonyl (C=O) groups excluding carboxylic acids is 2. The molecule has 0 spiro atoms. The van der Waals surface area contributed by atoms with Crippen molar-refractivity contribution in [1.29, 1.82) is 0 Å². The molecule has 8 heteroatoms. The van der Waals surface area contributed by atoms with Gasteiger partial charge in [-0.3, -0.25) is 9.59 Å². The first-order valence-electron chi connectivity index (χ1n) is 9.06. The molecule has 2 aromatic heterocycles. The highest BCUT2D eigenvalue weighted by Crippen LogP contribution is 2.32. The molecule has 28 heavy (non-hydrogen) atoms. The number of amides is 2. The van der Waals surface area contributed by atoms with E-state index in [1.807, 2.05) is 31.3 Å². The average molecular weight is 380 g/mol. The largest absolute Gasteiger partial charge is 0.486 e. The lowest BCUT2D eigenvalue weighted by atomic mass is 10.2. The van der Waals surface area contributed by atoms with E-state index >= 15 is 0 Å². The van der Waals surface area contributed by atoms with Crippen LogP contribution in [0.2, 0.25) is 0 Å². The van der Waals surface area contributed by atoms with Gasteiger partial charge in [-0.15, -0.1) is 0 Å². The lowest BCUT2D eigenvalue weighted by Crippen LogP contribution is -2.38. The zero-order chi connectivity index (χ0) is 19.5. The third-order valence-corrected chi connectivity index (χ3v) is 4.41. The third kappa shape index (κ3) is 3.62. The monoisotopic (exact) mass is 380 g/mol. The topological polar surface area (TPSA) is 85.2 Å². The molecule has 4 rings (SSSR count). The number of hydrogen-bond donors (Lipinski definition) is 1. The van der Waals surface area contributed by atoms with E-state index in [0.29, 0.717) is 48.3 Å².